The predicted octanol–water partition coefficient (Wildman–Crippen LogP) is 7.08. The highest BCUT2D eigenvalue weighted by Gasteiger charge is 2.16. The van der Waals surface area contributed by atoms with Crippen LogP contribution in [0.4, 0.5) is 5.13 Å². The minimum Gasteiger partial charge on any atom is -0.497 e. The molecule has 35 heavy (non-hydrogen) atoms. The monoisotopic (exact) mass is 484 g/mol. The second kappa shape index (κ2) is 9.27. The molecular formula is C28H24N2O4S. The van der Waals surface area contributed by atoms with Gasteiger partial charge >= 0.3 is 0 Å². The number of thiazole rings is 1. The van der Waals surface area contributed by atoms with E-state index in [4.69, 9.17) is 13.9 Å². The van der Waals surface area contributed by atoms with Crippen LogP contribution in [0, 0.1) is 6.92 Å². The van der Waals surface area contributed by atoms with Crippen molar-refractivity contribution >= 4 is 49.1 Å². The number of benzene rings is 3. The molecule has 1 amide bonds. The Morgan fingerprint density at radius 2 is 1.94 bits per heavy atom. The first-order valence-corrected chi connectivity index (χ1v) is 11.9. The zero-order valence-corrected chi connectivity index (χ0v) is 20.7. The van der Waals surface area contributed by atoms with E-state index < -0.39 is 0 Å². The standard InChI is InChI=1S/C28H24N2O4S/c1-16-8-9-23-26(10-16)35-28(29-23)30-27(31)11-17(2)20-13-21-22(15-34-25(21)14-24(20)33-4)18-6-5-7-19(12-18)32-3/h5-15H,1-4H3,(H,29,30,31)/b17-11+. The van der Waals surface area contributed by atoms with E-state index in [2.05, 4.69) is 16.4 Å². The average molecular weight is 485 g/mol. The van der Waals surface area contributed by atoms with Crippen LogP contribution in [0.2, 0.25) is 0 Å². The van der Waals surface area contributed by atoms with Crippen molar-refractivity contribution in [2.75, 3.05) is 19.5 Å². The summed E-state index contributed by atoms with van der Waals surface area (Å²) in [5.41, 5.74) is 6.20. The van der Waals surface area contributed by atoms with Crippen LogP contribution in [-0.4, -0.2) is 25.1 Å². The topological polar surface area (TPSA) is 73.6 Å². The van der Waals surface area contributed by atoms with E-state index in [1.807, 2.05) is 62.4 Å². The highest BCUT2D eigenvalue weighted by atomic mass is 32.1. The zero-order chi connectivity index (χ0) is 24.5. The van der Waals surface area contributed by atoms with Gasteiger partial charge in [-0.2, -0.15) is 0 Å². The van der Waals surface area contributed by atoms with Gasteiger partial charge in [0.05, 0.1) is 30.7 Å². The van der Waals surface area contributed by atoms with Crippen molar-refractivity contribution in [1.82, 2.24) is 4.98 Å². The molecule has 0 aliphatic rings. The van der Waals surface area contributed by atoms with Crippen LogP contribution in [0.1, 0.15) is 18.1 Å². The number of allylic oxidation sites excluding steroid dienone is 1. The molecule has 0 aliphatic heterocycles. The first-order chi connectivity index (χ1) is 16.9. The Balaban J connectivity index is 1.48. The number of aryl methyl sites for hydroxylation is 1. The number of nitrogens with one attached hydrogen (secondary N) is 1. The Morgan fingerprint density at radius 1 is 1.09 bits per heavy atom. The summed E-state index contributed by atoms with van der Waals surface area (Å²) in [4.78, 5) is 17.3. The largest absolute Gasteiger partial charge is 0.497 e. The molecule has 6 nitrogen and oxygen atoms in total. The molecule has 0 saturated heterocycles. The van der Waals surface area contributed by atoms with E-state index >= 15 is 0 Å². The molecule has 3 aromatic carbocycles. The van der Waals surface area contributed by atoms with Crippen LogP contribution in [-0.2, 0) is 4.79 Å². The molecule has 0 aliphatic carbocycles. The number of rotatable bonds is 6. The molecule has 0 unspecified atom stereocenters. The van der Waals surface area contributed by atoms with E-state index in [9.17, 15) is 4.79 Å². The highest BCUT2D eigenvalue weighted by Crippen LogP contribution is 2.38. The van der Waals surface area contributed by atoms with Crippen molar-refractivity contribution in [2.24, 2.45) is 0 Å². The summed E-state index contributed by atoms with van der Waals surface area (Å²) in [5.74, 6) is 1.14. The van der Waals surface area contributed by atoms with Crippen LogP contribution in [0.15, 0.2) is 71.4 Å². The van der Waals surface area contributed by atoms with Gasteiger partial charge < -0.3 is 13.9 Å². The van der Waals surface area contributed by atoms with Crippen LogP contribution in [0.25, 0.3) is 37.9 Å². The van der Waals surface area contributed by atoms with E-state index in [-0.39, 0.29) is 5.91 Å². The maximum absolute atomic E-state index is 12.8. The second-order valence-corrected chi connectivity index (χ2v) is 9.27. The molecule has 7 heteroatoms. The smallest absolute Gasteiger partial charge is 0.250 e. The lowest BCUT2D eigenvalue weighted by Gasteiger charge is -2.10. The Bertz CT molecular complexity index is 1600. The molecule has 0 spiro atoms. The first-order valence-electron chi connectivity index (χ1n) is 11.1. The molecule has 0 radical (unpaired) electrons. The van der Waals surface area contributed by atoms with Crippen LogP contribution < -0.4 is 14.8 Å². The number of anilines is 1. The van der Waals surface area contributed by atoms with Crippen molar-refractivity contribution in [3.63, 3.8) is 0 Å². The van der Waals surface area contributed by atoms with Gasteiger partial charge in [0.15, 0.2) is 5.13 Å². The lowest BCUT2D eigenvalue weighted by Crippen LogP contribution is -2.08. The molecule has 1 N–H and O–H groups in total. The van der Waals surface area contributed by atoms with Gasteiger partial charge in [0.1, 0.15) is 17.1 Å². The van der Waals surface area contributed by atoms with E-state index in [0.717, 1.165) is 49.2 Å². The fraction of sp³-hybridized carbons (Fsp3) is 0.143. The van der Waals surface area contributed by atoms with Crippen molar-refractivity contribution in [3.8, 4) is 22.6 Å². The number of methoxy groups -OCH3 is 2. The molecule has 0 saturated carbocycles. The number of fused-ring (bicyclic) bond motifs is 2. The van der Waals surface area contributed by atoms with Crippen molar-refractivity contribution < 1.29 is 18.7 Å². The second-order valence-electron chi connectivity index (χ2n) is 8.24. The summed E-state index contributed by atoms with van der Waals surface area (Å²) < 4.78 is 17.9. The van der Waals surface area contributed by atoms with Gasteiger partial charge in [0, 0.05) is 28.7 Å². The van der Waals surface area contributed by atoms with Crippen molar-refractivity contribution in [3.05, 3.63) is 78.1 Å². The predicted molar refractivity (Wildman–Crippen MR) is 141 cm³/mol. The van der Waals surface area contributed by atoms with E-state index in [1.165, 1.54) is 11.3 Å². The third kappa shape index (κ3) is 4.50. The summed E-state index contributed by atoms with van der Waals surface area (Å²) in [6.45, 7) is 3.92. The maximum Gasteiger partial charge on any atom is 0.250 e. The van der Waals surface area contributed by atoms with Gasteiger partial charge in [-0.25, -0.2) is 4.98 Å². The van der Waals surface area contributed by atoms with Gasteiger partial charge in [-0.05, 0) is 60.9 Å². The highest BCUT2D eigenvalue weighted by molar-refractivity contribution is 7.22. The van der Waals surface area contributed by atoms with Gasteiger partial charge in [-0.1, -0.05) is 29.5 Å². The molecule has 0 bridgehead atoms. The third-order valence-corrected chi connectivity index (χ3v) is 6.76. The minimum atomic E-state index is -0.249. The van der Waals surface area contributed by atoms with Crippen molar-refractivity contribution in [1.29, 1.82) is 0 Å². The lowest BCUT2D eigenvalue weighted by atomic mass is 9.99. The Morgan fingerprint density at radius 3 is 2.74 bits per heavy atom. The maximum atomic E-state index is 12.8. The number of ether oxygens (including phenoxy) is 2. The SMILES string of the molecule is COc1cccc(-c2coc3cc(OC)c(/C(C)=C/C(=O)Nc4nc5ccc(C)cc5s4)cc23)c1. The zero-order valence-electron chi connectivity index (χ0n) is 19.8. The summed E-state index contributed by atoms with van der Waals surface area (Å²) in [7, 11) is 3.25. The molecule has 0 atom stereocenters. The fourth-order valence-corrected chi connectivity index (χ4v) is 5.01. The third-order valence-electron chi connectivity index (χ3n) is 5.82. The molecule has 0 fully saturated rings. The number of carbonyl (C=O) groups is 1. The molecule has 2 aromatic heterocycles. The molecule has 2 heterocycles. The summed E-state index contributed by atoms with van der Waals surface area (Å²) >= 11 is 1.46. The summed E-state index contributed by atoms with van der Waals surface area (Å²) in [6.07, 6.45) is 3.29. The number of amides is 1. The van der Waals surface area contributed by atoms with Crippen LogP contribution in [0.3, 0.4) is 0 Å². The summed E-state index contributed by atoms with van der Waals surface area (Å²) in [6, 6.07) is 17.7. The Hall–Kier alpha value is -4.10. The molecule has 5 aromatic rings. The van der Waals surface area contributed by atoms with Gasteiger partial charge in [-0.15, -0.1) is 0 Å². The molecule has 176 valence electrons. The number of aromatic nitrogens is 1. The lowest BCUT2D eigenvalue weighted by molar-refractivity contribution is -0.111. The molecular weight excluding hydrogens is 460 g/mol. The quantitative estimate of drug-likeness (QED) is 0.261. The van der Waals surface area contributed by atoms with E-state index in [1.54, 1.807) is 26.6 Å². The minimum absolute atomic E-state index is 0.249. The number of hydrogen-bond acceptors (Lipinski definition) is 6. The average Bonchev–Trinajstić information content (AvgIpc) is 3.45. The normalized spacial score (nSPS) is 11.7. The Labute approximate surface area is 206 Å². The Kier molecular flexibility index (Phi) is 6.01. The number of hydrogen-bond donors (Lipinski definition) is 1. The van der Waals surface area contributed by atoms with Crippen LogP contribution >= 0.6 is 11.3 Å². The fourth-order valence-electron chi connectivity index (χ4n) is 4.05. The van der Waals surface area contributed by atoms with Gasteiger partial charge in [0.25, 0.3) is 0 Å². The number of nitrogens with zero attached hydrogens (tertiary/aromatic N) is 1. The van der Waals surface area contributed by atoms with Crippen molar-refractivity contribution in [2.45, 2.75) is 13.8 Å². The van der Waals surface area contributed by atoms with E-state index in [0.29, 0.717) is 16.5 Å². The number of furan rings is 1. The van der Waals surface area contributed by atoms with Gasteiger partial charge in [-0.3, -0.25) is 10.1 Å². The first kappa shape index (κ1) is 22.7. The molecule has 5 rings (SSSR count). The summed E-state index contributed by atoms with van der Waals surface area (Å²) in [5, 5.41) is 4.38. The van der Waals surface area contributed by atoms with Gasteiger partial charge in [0.2, 0.25) is 5.91 Å². The van der Waals surface area contributed by atoms with Crippen LogP contribution in [0.5, 0.6) is 11.5 Å². The number of carbonyl (C=O) groups excluding carboxylic acids is 1.